The zero-order chi connectivity index (χ0) is 16.1. The van der Waals surface area contributed by atoms with Crippen LogP contribution in [0.25, 0.3) is 10.9 Å². The van der Waals surface area contributed by atoms with Gasteiger partial charge in [-0.25, -0.2) is 0 Å². The molecule has 1 heteroatoms. The van der Waals surface area contributed by atoms with Crippen molar-refractivity contribution in [2.75, 3.05) is 0 Å². The maximum absolute atomic E-state index is 3.16. The Morgan fingerprint density at radius 3 is 1.77 bits per heavy atom. The zero-order valence-electron chi connectivity index (χ0n) is 14.3. The van der Waals surface area contributed by atoms with Gasteiger partial charge < -0.3 is 4.98 Å². The molecular weight excluding hydrogens is 266 g/mol. The van der Waals surface area contributed by atoms with Crippen molar-refractivity contribution in [2.24, 2.45) is 0 Å². The second kappa shape index (κ2) is 13.9. The van der Waals surface area contributed by atoms with Crippen LogP contribution in [-0.4, -0.2) is 4.98 Å². The van der Waals surface area contributed by atoms with E-state index in [1.807, 2.05) is 52.1 Å². The van der Waals surface area contributed by atoms with Crippen LogP contribution in [0.1, 0.15) is 46.2 Å². The van der Waals surface area contributed by atoms with Crippen LogP contribution in [0.5, 0.6) is 0 Å². The molecule has 0 aliphatic carbocycles. The Morgan fingerprint density at radius 2 is 1.27 bits per heavy atom. The van der Waals surface area contributed by atoms with Crippen molar-refractivity contribution in [1.29, 1.82) is 0 Å². The number of aromatic amines is 1. The standard InChI is InChI=1S/C9H9N.C7H8.2C2H6.CH4/c1-7-2-3-8-4-5-10-9(8)6-7;1-7-5-3-2-4-6-7;2*1-2;/h2-6,10H,1H3;2-6H,1H3;2*1-2H3;1H4. The summed E-state index contributed by atoms with van der Waals surface area (Å²) in [6, 6.07) is 18.7. The fourth-order valence-corrected chi connectivity index (χ4v) is 1.70. The van der Waals surface area contributed by atoms with Crippen molar-refractivity contribution in [3.05, 3.63) is 71.9 Å². The van der Waals surface area contributed by atoms with Crippen molar-refractivity contribution >= 4 is 10.9 Å². The molecule has 0 bridgehead atoms. The molecule has 0 aliphatic rings. The Hall–Kier alpha value is -2.02. The Kier molecular flexibility index (Phi) is 14.1. The number of hydrogen-bond acceptors (Lipinski definition) is 0. The van der Waals surface area contributed by atoms with Crippen LogP contribution in [0.2, 0.25) is 0 Å². The molecule has 1 N–H and O–H groups in total. The van der Waals surface area contributed by atoms with Gasteiger partial charge in [0.1, 0.15) is 0 Å². The van der Waals surface area contributed by atoms with E-state index in [-0.39, 0.29) is 7.43 Å². The molecule has 3 rings (SSSR count). The highest BCUT2D eigenvalue weighted by atomic mass is 14.7. The quantitative estimate of drug-likeness (QED) is 0.453. The first-order valence-corrected chi connectivity index (χ1v) is 7.81. The highest BCUT2D eigenvalue weighted by molar-refractivity contribution is 5.79. The maximum Gasteiger partial charge on any atom is 0.0456 e. The van der Waals surface area contributed by atoms with Gasteiger partial charge in [-0.1, -0.05) is 83.1 Å². The summed E-state index contributed by atoms with van der Waals surface area (Å²) in [5, 5.41) is 1.28. The van der Waals surface area contributed by atoms with Crippen LogP contribution in [0.15, 0.2) is 60.8 Å². The first-order chi connectivity index (χ1) is 10.3. The molecule has 0 unspecified atom stereocenters. The molecule has 0 fully saturated rings. The predicted octanol–water partition coefficient (Wildman–Crippen LogP) is 7.16. The van der Waals surface area contributed by atoms with Gasteiger partial charge in [0.15, 0.2) is 0 Å². The van der Waals surface area contributed by atoms with E-state index in [0.717, 1.165) is 0 Å². The molecule has 0 atom stereocenters. The third kappa shape index (κ3) is 8.31. The molecule has 1 aromatic heterocycles. The van der Waals surface area contributed by atoms with Crippen molar-refractivity contribution in [1.82, 2.24) is 4.98 Å². The SMILES string of the molecule is C.CC.CC.Cc1ccc2cc[nH]c2c1.Cc1ccccc1. The number of aryl methyl sites for hydroxylation is 2. The maximum atomic E-state index is 3.16. The molecule has 2 aromatic carbocycles. The van der Waals surface area contributed by atoms with Gasteiger partial charge >= 0.3 is 0 Å². The van der Waals surface area contributed by atoms with Crippen molar-refractivity contribution in [3.8, 4) is 0 Å². The Morgan fingerprint density at radius 1 is 0.682 bits per heavy atom. The minimum Gasteiger partial charge on any atom is -0.361 e. The van der Waals surface area contributed by atoms with Crippen LogP contribution in [0.3, 0.4) is 0 Å². The number of benzene rings is 2. The lowest BCUT2D eigenvalue weighted by Gasteiger charge is -1.90. The van der Waals surface area contributed by atoms with Crippen LogP contribution in [0.4, 0.5) is 0 Å². The Labute approximate surface area is 137 Å². The molecule has 0 radical (unpaired) electrons. The number of H-pyrrole nitrogens is 1. The summed E-state index contributed by atoms with van der Waals surface area (Å²) in [6.07, 6.45) is 1.96. The number of fused-ring (bicyclic) bond motifs is 1. The average Bonchev–Trinajstić information content (AvgIpc) is 3.00. The lowest BCUT2D eigenvalue weighted by Crippen LogP contribution is -1.70. The number of hydrogen-bond donors (Lipinski definition) is 1. The minimum atomic E-state index is 0. The lowest BCUT2D eigenvalue weighted by molar-refractivity contribution is 1.44. The summed E-state index contributed by atoms with van der Waals surface area (Å²) in [5.74, 6) is 0. The van der Waals surface area contributed by atoms with Gasteiger partial charge in [0.25, 0.3) is 0 Å². The van der Waals surface area contributed by atoms with Crippen LogP contribution in [-0.2, 0) is 0 Å². The molecule has 1 heterocycles. The van der Waals surface area contributed by atoms with E-state index in [0.29, 0.717) is 0 Å². The molecule has 0 amide bonds. The molecular formula is C21H33N. The number of nitrogens with one attached hydrogen (secondary N) is 1. The fraction of sp³-hybridized carbons (Fsp3) is 0.333. The van der Waals surface area contributed by atoms with Crippen molar-refractivity contribution in [3.63, 3.8) is 0 Å². The van der Waals surface area contributed by atoms with E-state index >= 15 is 0 Å². The average molecular weight is 300 g/mol. The molecule has 22 heavy (non-hydrogen) atoms. The van der Waals surface area contributed by atoms with E-state index in [2.05, 4.69) is 55.2 Å². The van der Waals surface area contributed by atoms with E-state index in [1.165, 1.54) is 22.0 Å². The van der Waals surface area contributed by atoms with Gasteiger partial charge in [-0.15, -0.1) is 0 Å². The molecule has 122 valence electrons. The largest absolute Gasteiger partial charge is 0.361 e. The smallest absolute Gasteiger partial charge is 0.0456 e. The van der Waals surface area contributed by atoms with E-state index in [4.69, 9.17) is 0 Å². The predicted molar refractivity (Wildman–Crippen MR) is 104 cm³/mol. The lowest BCUT2D eigenvalue weighted by atomic mass is 10.2. The van der Waals surface area contributed by atoms with Crippen LogP contribution >= 0.6 is 0 Å². The van der Waals surface area contributed by atoms with Crippen molar-refractivity contribution < 1.29 is 0 Å². The number of aromatic nitrogens is 1. The second-order valence-electron chi connectivity index (χ2n) is 4.22. The summed E-state index contributed by atoms with van der Waals surface area (Å²) in [4.78, 5) is 3.16. The van der Waals surface area contributed by atoms with Gasteiger partial charge in [-0.05, 0) is 36.9 Å². The summed E-state index contributed by atoms with van der Waals surface area (Å²) in [5.41, 5.74) is 3.84. The third-order valence-electron chi connectivity index (χ3n) is 2.65. The summed E-state index contributed by atoms with van der Waals surface area (Å²) < 4.78 is 0. The topological polar surface area (TPSA) is 15.8 Å². The molecule has 3 aromatic rings. The second-order valence-corrected chi connectivity index (χ2v) is 4.22. The van der Waals surface area contributed by atoms with Gasteiger partial charge in [0, 0.05) is 11.7 Å². The van der Waals surface area contributed by atoms with E-state index < -0.39 is 0 Å². The molecule has 0 saturated carbocycles. The van der Waals surface area contributed by atoms with E-state index in [1.54, 1.807) is 0 Å². The summed E-state index contributed by atoms with van der Waals surface area (Å²) >= 11 is 0. The van der Waals surface area contributed by atoms with Gasteiger partial charge in [0.2, 0.25) is 0 Å². The van der Waals surface area contributed by atoms with Gasteiger partial charge in [0.05, 0.1) is 0 Å². The van der Waals surface area contributed by atoms with Crippen molar-refractivity contribution in [2.45, 2.75) is 49.0 Å². The number of rotatable bonds is 0. The Balaban J connectivity index is 0. The first kappa shape index (κ1) is 22.3. The zero-order valence-corrected chi connectivity index (χ0v) is 14.3. The minimum absolute atomic E-state index is 0. The normalized spacial score (nSPS) is 8.09. The Bertz CT molecular complexity index is 579. The van der Waals surface area contributed by atoms with Gasteiger partial charge in [-0.3, -0.25) is 0 Å². The summed E-state index contributed by atoms with van der Waals surface area (Å²) in [7, 11) is 0. The molecule has 0 aliphatic heterocycles. The van der Waals surface area contributed by atoms with Gasteiger partial charge in [-0.2, -0.15) is 0 Å². The molecule has 0 saturated heterocycles. The molecule has 1 nitrogen and oxygen atoms in total. The molecule has 0 spiro atoms. The highest BCUT2D eigenvalue weighted by Crippen LogP contribution is 2.12. The first-order valence-electron chi connectivity index (χ1n) is 7.81. The summed E-state index contributed by atoms with van der Waals surface area (Å²) in [6.45, 7) is 12.2. The highest BCUT2D eigenvalue weighted by Gasteiger charge is 1.91. The fourth-order valence-electron chi connectivity index (χ4n) is 1.70. The van der Waals surface area contributed by atoms with Crippen LogP contribution < -0.4 is 0 Å². The van der Waals surface area contributed by atoms with E-state index in [9.17, 15) is 0 Å². The monoisotopic (exact) mass is 299 g/mol. The third-order valence-corrected chi connectivity index (χ3v) is 2.65. The van der Waals surface area contributed by atoms with Crippen LogP contribution in [0, 0.1) is 13.8 Å².